The number of nitrogens with two attached hydrogens (primary N) is 1. The molecule has 0 spiro atoms. The Morgan fingerprint density at radius 1 is 1.14 bits per heavy atom. The molecular weight excluding hydrogens is 270 g/mol. The van der Waals surface area contributed by atoms with Crippen LogP contribution in [-0.2, 0) is 0 Å². The molecule has 0 aliphatic carbocycles. The summed E-state index contributed by atoms with van der Waals surface area (Å²) in [6, 6.07) is -0.113. The van der Waals surface area contributed by atoms with E-state index in [1.807, 2.05) is 4.57 Å². The minimum Gasteiger partial charge on any atom is -0.393 e. The fourth-order valence-electron chi connectivity index (χ4n) is 2.52. The molecule has 7 nitrogen and oxygen atoms in total. The van der Waals surface area contributed by atoms with E-state index < -0.39 is 6.10 Å². The number of fused-ring (bicyclic) bond motifs is 1. The lowest BCUT2D eigenvalue weighted by molar-refractivity contribution is 0.122. The van der Waals surface area contributed by atoms with Crippen molar-refractivity contribution in [1.29, 1.82) is 0 Å². The van der Waals surface area contributed by atoms with Crippen LogP contribution in [0.5, 0.6) is 0 Å². The summed E-state index contributed by atoms with van der Waals surface area (Å²) in [5.74, 6) is 0.345. The van der Waals surface area contributed by atoms with E-state index in [0.29, 0.717) is 17.0 Å². The van der Waals surface area contributed by atoms with E-state index in [0.717, 1.165) is 25.7 Å². The summed E-state index contributed by atoms with van der Waals surface area (Å²) >= 11 is 0. The standard InChI is InChI=1S/C14H23N5O2/c1-9(20)5-3-4-6-11(10(2)21)19-8-18-12-13(15)16-7-17-14(12)19/h7-11,20-21H,3-6H2,1-2H3,(H2,15,16,17)/t9?,10-,11+/m0/s1. The predicted molar refractivity (Wildman–Crippen MR) is 80.6 cm³/mol. The molecule has 2 rings (SSSR count). The molecule has 116 valence electrons. The van der Waals surface area contributed by atoms with Gasteiger partial charge in [-0.3, -0.25) is 0 Å². The van der Waals surface area contributed by atoms with Crippen molar-refractivity contribution in [2.75, 3.05) is 5.73 Å². The van der Waals surface area contributed by atoms with Crippen molar-refractivity contribution in [2.24, 2.45) is 0 Å². The topological polar surface area (TPSA) is 110 Å². The van der Waals surface area contributed by atoms with Crippen LogP contribution < -0.4 is 5.73 Å². The van der Waals surface area contributed by atoms with Gasteiger partial charge in [-0.25, -0.2) is 15.0 Å². The molecular formula is C14H23N5O2. The van der Waals surface area contributed by atoms with Crippen molar-refractivity contribution in [3.8, 4) is 0 Å². The fraction of sp³-hybridized carbons (Fsp3) is 0.643. The molecule has 1 unspecified atom stereocenters. The van der Waals surface area contributed by atoms with E-state index in [4.69, 9.17) is 5.73 Å². The molecule has 3 atom stereocenters. The Kier molecular flexibility index (Phi) is 5.08. The first-order valence-corrected chi connectivity index (χ1v) is 7.30. The summed E-state index contributed by atoms with van der Waals surface area (Å²) < 4.78 is 1.86. The van der Waals surface area contributed by atoms with E-state index in [2.05, 4.69) is 15.0 Å². The molecule has 2 aromatic heterocycles. The lowest BCUT2D eigenvalue weighted by Crippen LogP contribution is -2.21. The van der Waals surface area contributed by atoms with Crippen LogP contribution >= 0.6 is 0 Å². The maximum atomic E-state index is 10.0. The molecule has 0 amide bonds. The SMILES string of the molecule is CC(O)CCCC[C@H]([C@H](C)O)n1cnc2c(N)ncnc21. The van der Waals surface area contributed by atoms with Crippen molar-refractivity contribution < 1.29 is 10.2 Å². The van der Waals surface area contributed by atoms with Crippen LogP contribution in [0.3, 0.4) is 0 Å². The number of nitrogen functional groups attached to an aromatic ring is 1. The smallest absolute Gasteiger partial charge is 0.165 e. The molecule has 0 radical (unpaired) electrons. The van der Waals surface area contributed by atoms with Crippen LogP contribution in [0, 0.1) is 0 Å². The second-order valence-electron chi connectivity index (χ2n) is 5.52. The maximum Gasteiger partial charge on any atom is 0.165 e. The Balaban J connectivity index is 2.15. The van der Waals surface area contributed by atoms with Crippen LogP contribution in [0.4, 0.5) is 5.82 Å². The molecule has 4 N–H and O–H groups in total. The minimum atomic E-state index is -0.523. The quantitative estimate of drug-likeness (QED) is 0.663. The van der Waals surface area contributed by atoms with Gasteiger partial charge in [-0.05, 0) is 26.7 Å². The molecule has 7 heteroatoms. The van der Waals surface area contributed by atoms with Gasteiger partial charge in [0.1, 0.15) is 11.8 Å². The number of aliphatic hydroxyl groups is 2. The van der Waals surface area contributed by atoms with E-state index >= 15 is 0 Å². The van der Waals surface area contributed by atoms with Crippen molar-refractivity contribution >= 4 is 17.0 Å². The maximum absolute atomic E-state index is 10.0. The Morgan fingerprint density at radius 2 is 1.86 bits per heavy atom. The third kappa shape index (κ3) is 3.68. The van der Waals surface area contributed by atoms with Crippen LogP contribution in [0.1, 0.15) is 45.6 Å². The summed E-state index contributed by atoms with van der Waals surface area (Å²) in [5.41, 5.74) is 6.99. The Morgan fingerprint density at radius 3 is 2.52 bits per heavy atom. The zero-order chi connectivity index (χ0) is 15.4. The first-order valence-electron chi connectivity index (χ1n) is 7.30. The van der Waals surface area contributed by atoms with Gasteiger partial charge in [-0.2, -0.15) is 0 Å². The number of hydrogen-bond acceptors (Lipinski definition) is 6. The number of unbranched alkanes of at least 4 members (excludes halogenated alkanes) is 1. The second kappa shape index (κ2) is 6.82. The highest BCUT2D eigenvalue weighted by Gasteiger charge is 2.20. The summed E-state index contributed by atoms with van der Waals surface area (Å²) in [4.78, 5) is 12.4. The summed E-state index contributed by atoms with van der Waals surface area (Å²) in [5, 5.41) is 19.3. The molecule has 2 aromatic rings. The number of imidazole rings is 1. The molecule has 0 aliphatic rings. The minimum absolute atomic E-state index is 0.113. The molecule has 2 heterocycles. The highest BCUT2D eigenvalue weighted by Crippen LogP contribution is 2.25. The first-order chi connectivity index (χ1) is 10.0. The van der Waals surface area contributed by atoms with Gasteiger partial charge in [0.05, 0.1) is 24.6 Å². The van der Waals surface area contributed by atoms with Gasteiger partial charge < -0.3 is 20.5 Å². The predicted octanol–water partition coefficient (Wildman–Crippen LogP) is 1.27. The van der Waals surface area contributed by atoms with E-state index in [1.165, 1.54) is 6.33 Å². The average Bonchev–Trinajstić information content (AvgIpc) is 2.83. The van der Waals surface area contributed by atoms with Gasteiger partial charge in [0, 0.05) is 0 Å². The zero-order valence-corrected chi connectivity index (χ0v) is 12.5. The normalized spacial score (nSPS) is 16.0. The molecule has 0 saturated heterocycles. The Bertz CT molecular complexity index is 582. The van der Waals surface area contributed by atoms with Gasteiger partial charge in [0.15, 0.2) is 11.5 Å². The lowest BCUT2D eigenvalue weighted by Gasteiger charge is -2.22. The summed E-state index contributed by atoms with van der Waals surface area (Å²) in [6.07, 6.45) is 5.66. The zero-order valence-electron chi connectivity index (χ0n) is 12.5. The van der Waals surface area contributed by atoms with Crippen LogP contribution in [-0.4, -0.2) is 41.9 Å². The lowest BCUT2D eigenvalue weighted by atomic mass is 10.0. The Labute approximate surface area is 123 Å². The molecule has 0 saturated carbocycles. The molecule has 0 bridgehead atoms. The number of aromatic nitrogens is 4. The van der Waals surface area contributed by atoms with Crippen LogP contribution in [0.15, 0.2) is 12.7 Å². The number of anilines is 1. The highest BCUT2D eigenvalue weighted by molar-refractivity contribution is 5.81. The number of hydrogen-bond donors (Lipinski definition) is 3. The largest absolute Gasteiger partial charge is 0.393 e. The monoisotopic (exact) mass is 293 g/mol. The molecule has 0 aliphatic heterocycles. The third-order valence-electron chi connectivity index (χ3n) is 3.67. The number of nitrogens with zero attached hydrogens (tertiary/aromatic N) is 4. The fourth-order valence-corrected chi connectivity index (χ4v) is 2.52. The van der Waals surface area contributed by atoms with Crippen molar-refractivity contribution in [1.82, 2.24) is 19.5 Å². The number of aliphatic hydroxyl groups excluding tert-OH is 2. The van der Waals surface area contributed by atoms with Gasteiger partial charge in [-0.1, -0.05) is 12.8 Å². The van der Waals surface area contributed by atoms with Crippen LogP contribution in [0.2, 0.25) is 0 Å². The van der Waals surface area contributed by atoms with Gasteiger partial charge in [0.25, 0.3) is 0 Å². The molecule has 21 heavy (non-hydrogen) atoms. The van der Waals surface area contributed by atoms with E-state index in [1.54, 1.807) is 20.2 Å². The van der Waals surface area contributed by atoms with E-state index in [-0.39, 0.29) is 12.1 Å². The second-order valence-corrected chi connectivity index (χ2v) is 5.52. The van der Waals surface area contributed by atoms with Crippen molar-refractivity contribution in [3.05, 3.63) is 12.7 Å². The van der Waals surface area contributed by atoms with Crippen molar-refractivity contribution in [3.63, 3.8) is 0 Å². The average molecular weight is 293 g/mol. The highest BCUT2D eigenvalue weighted by atomic mass is 16.3. The first kappa shape index (κ1) is 15.7. The van der Waals surface area contributed by atoms with Gasteiger partial charge in [0.2, 0.25) is 0 Å². The van der Waals surface area contributed by atoms with E-state index in [9.17, 15) is 10.2 Å². The Hall–Kier alpha value is -1.73. The summed E-state index contributed by atoms with van der Waals surface area (Å²) in [7, 11) is 0. The van der Waals surface area contributed by atoms with Crippen LogP contribution in [0.25, 0.3) is 11.2 Å². The third-order valence-corrected chi connectivity index (χ3v) is 3.67. The molecule has 0 fully saturated rings. The summed E-state index contributed by atoms with van der Waals surface area (Å²) in [6.45, 7) is 3.55. The number of rotatable bonds is 7. The van der Waals surface area contributed by atoms with Gasteiger partial charge >= 0.3 is 0 Å². The molecule has 0 aromatic carbocycles. The van der Waals surface area contributed by atoms with Gasteiger partial charge in [-0.15, -0.1) is 0 Å². The van der Waals surface area contributed by atoms with Crippen molar-refractivity contribution in [2.45, 2.75) is 57.8 Å².